The van der Waals surface area contributed by atoms with E-state index in [4.69, 9.17) is 0 Å². The molecule has 1 saturated heterocycles. The largest absolute Gasteiger partial charge is 0.348 e. The predicted molar refractivity (Wildman–Crippen MR) is 117 cm³/mol. The van der Waals surface area contributed by atoms with E-state index in [2.05, 4.69) is 36.3 Å². The standard InChI is InChI=1S/C24H36FN3O2/c1-17(29)26-16-22(30)27-21-7-8-24(20-15-18(25)5-6-19(20)21)10-13-28(14-11-24)12-9-23(2,3)4/h5-6,15,21H,7-14,16H2,1-4H3,(H,26,29)(H,27,30)/t21-/m1/s1. The van der Waals surface area contributed by atoms with Crippen molar-refractivity contribution in [2.45, 2.75) is 71.3 Å². The van der Waals surface area contributed by atoms with Crippen molar-refractivity contribution >= 4 is 11.8 Å². The summed E-state index contributed by atoms with van der Waals surface area (Å²) >= 11 is 0. The molecule has 3 rings (SSSR count). The van der Waals surface area contributed by atoms with Crippen molar-refractivity contribution in [2.75, 3.05) is 26.2 Å². The van der Waals surface area contributed by atoms with Gasteiger partial charge in [-0.2, -0.15) is 0 Å². The molecule has 1 fully saturated rings. The lowest BCUT2D eigenvalue weighted by atomic mass is 9.63. The molecule has 1 heterocycles. The van der Waals surface area contributed by atoms with Gasteiger partial charge in [0, 0.05) is 6.92 Å². The number of rotatable bonds is 5. The maximum absolute atomic E-state index is 14.2. The number of hydrogen-bond donors (Lipinski definition) is 2. The molecule has 5 nitrogen and oxygen atoms in total. The number of amides is 2. The molecular weight excluding hydrogens is 381 g/mol. The van der Waals surface area contributed by atoms with Crippen LogP contribution in [-0.2, 0) is 15.0 Å². The Hall–Kier alpha value is -1.95. The van der Waals surface area contributed by atoms with E-state index in [1.165, 1.54) is 19.4 Å². The van der Waals surface area contributed by atoms with Gasteiger partial charge in [0.2, 0.25) is 11.8 Å². The fourth-order valence-electron chi connectivity index (χ4n) is 4.82. The van der Waals surface area contributed by atoms with Crippen LogP contribution in [0.25, 0.3) is 0 Å². The number of nitrogens with zero attached hydrogens (tertiary/aromatic N) is 1. The van der Waals surface area contributed by atoms with Gasteiger partial charge in [0.25, 0.3) is 0 Å². The van der Waals surface area contributed by atoms with Crippen molar-refractivity contribution in [3.05, 3.63) is 35.1 Å². The first-order valence-corrected chi connectivity index (χ1v) is 11.1. The van der Waals surface area contributed by atoms with Gasteiger partial charge in [-0.15, -0.1) is 0 Å². The average molecular weight is 418 g/mol. The SMILES string of the molecule is CC(=O)NCC(=O)N[C@@H]1CCC2(CCN(CCC(C)(C)C)CC2)c2cc(F)ccc21. The third-order valence-electron chi connectivity index (χ3n) is 6.70. The van der Waals surface area contributed by atoms with E-state index in [1.807, 2.05) is 6.07 Å². The Labute approximate surface area is 179 Å². The van der Waals surface area contributed by atoms with E-state index in [-0.39, 0.29) is 35.6 Å². The monoisotopic (exact) mass is 417 g/mol. The third-order valence-corrected chi connectivity index (χ3v) is 6.70. The highest BCUT2D eigenvalue weighted by molar-refractivity contribution is 5.83. The minimum Gasteiger partial charge on any atom is -0.348 e. The predicted octanol–water partition coefficient (Wildman–Crippen LogP) is 3.68. The van der Waals surface area contributed by atoms with Crippen molar-refractivity contribution in [1.29, 1.82) is 0 Å². The molecule has 0 bridgehead atoms. The molecule has 30 heavy (non-hydrogen) atoms. The molecule has 2 aliphatic rings. The van der Waals surface area contributed by atoms with Crippen LogP contribution in [0.2, 0.25) is 0 Å². The van der Waals surface area contributed by atoms with E-state index >= 15 is 0 Å². The number of piperidine rings is 1. The summed E-state index contributed by atoms with van der Waals surface area (Å²) in [6.07, 6.45) is 5.02. The van der Waals surface area contributed by atoms with Gasteiger partial charge in [0.05, 0.1) is 12.6 Å². The molecular formula is C24H36FN3O2. The molecule has 0 saturated carbocycles. The van der Waals surface area contributed by atoms with Crippen LogP contribution in [0.1, 0.15) is 77.0 Å². The zero-order valence-corrected chi connectivity index (χ0v) is 18.8. The normalized spacial score (nSPS) is 21.2. The summed E-state index contributed by atoms with van der Waals surface area (Å²) in [7, 11) is 0. The van der Waals surface area contributed by atoms with Crippen LogP contribution in [0, 0.1) is 11.2 Å². The van der Waals surface area contributed by atoms with Gasteiger partial charge in [-0.3, -0.25) is 9.59 Å². The first-order chi connectivity index (χ1) is 14.1. The lowest BCUT2D eigenvalue weighted by Crippen LogP contribution is -2.47. The molecule has 0 unspecified atom stereocenters. The lowest BCUT2D eigenvalue weighted by Gasteiger charge is -2.47. The fourth-order valence-corrected chi connectivity index (χ4v) is 4.82. The van der Waals surface area contributed by atoms with Gasteiger partial charge in [0.15, 0.2) is 0 Å². The van der Waals surface area contributed by atoms with Crippen molar-refractivity contribution in [1.82, 2.24) is 15.5 Å². The van der Waals surface area contributed by atoms with E-state index in [1.54, 1.807) is 6.07 Å². The first kappa shape index (κ1) is 22.7. The first-order valence-electron chi connectivity index (χ1n) is 11.1. The molecule has 2 amide bonds. The van der Waals surface area contributed by atoms with Gasteiger partial charge in [-0.05, 0) is 85.8 Å². The lowest BCUT2D eigenvalue weighted by molar-refractivity contribution is -0.125. The molecule has 1 aliphatic heterocycles. The Bertz CT molecular complexity index is 779. The number of halogens is 1. The van der Waals surface area contributed by atoms with Crippen molar-refractivity contribution in [2.24, 2.45) is 5.41 Å². The number of benzene rings is 1. The van der Waals surface area contributed by atoms with E-state index in [0.717, 1.165) is 56.4 Å². The van der Waals surface area contributed by atoms with Gasteiger partial charge in [-0.1, -0.05) is 26.8 Å². The van der Waals surface area contributed by atoms with Crippen LogP contribution in [0.3, 0.4) is 0 Å². The highest BCUT2D eigenvalue weighted by Gasteiger charge is 2.42. The number of hydrogen-bond acceptors (Lipinski definition) is 3. The molecule has 1 aromatic carbocycles. The Kier molecular flexibility index (Phi) is 6.85. The molecule has 0 radical (unpaired) electrons. The second-order valence-corrected chi connectivity index (χ2v) is 10.2. The third kappa shape index (κ3) is 5.60. The summed E-state index contributed by atoms with van der Waals surface area (Å²) in [5.74, 6) is -0.652. The molecule has 6 heteroatoms. The summed E-state index contributed by atoms with van der Waals surface area (Å²) in [6, 6.07) is 4.88. The fraction of sp³-hybridized carbons (Fsp3) is 0.667. The molecule has 1 spiro atoms. The van der Waals surface area contributed by atoms with Crippen molar-refractivity contribution in [3.8, 4) is 0 Å². The molecule has 0 aromatic heterocycles. The number of carbonyl (C=O) groups excluding carboxylic acids is 2. The van der Waals surface area contributed by atoms with E-state index < -0.39 is 0 Å². The molecule has 166 valence electrons. The summed E-state index contributed by atoms with van der Waals surface area (Å²) < 4.78 is 14.2. The highest BCUT2D eigenvalue weighted by Crippen LogP contribution is 2.48. The van der Waals surface area contributed by atoms with Gasteiger partial charge in [0.1, 0.15) is 5.82 Å². The minimum atomic E-state index is -0.228. The summed E-state index contributed by atoms with van der Waals surface area (Å²) in [4.78, 5) is 25.9. The van der Waals surface area contributed by atoms with Crippen LogP contribution in [0.15, 0.2) is 18.2 Å². The van der Waals surface area contributed by atoms with Gasteiger partial charge >= 0.3 is 0 Å². The highest BCUT2D eigenvalue weighted by atomic mass is 19.1. The zero-order chi connectivity index (χ0) is 21.9. The summed E-state index contributed by atoms with van der Waals surface area (Å²) in [5, 5.41) is 5.57. The molecule has 1 aromatic rings. The van der Waals surface area contributed by atoms with Crippen LogP contribution < -0.4 is 10.6 Å². The number of carbonyl (C=O) groups is 2. The maximum atomic E-state index is 14.2. The van der Waals surface area contributed by atoms with Crippen LogP contribution in [0.5, 0.6) is 0 Å². The Balaban J connectivity index is 1.71. The topological polar surface area (TPSA) is 61.4 Å². The Morgan fingerprint density at radius 1 is 1.20 bits per heavy atom. The second-order valence-electron chi connectivity index (χ2n) is 10.2. The van der Waals surface area contributed by atoms with Gasteiger partial charge < -0.3 is 15.5 Å². The van der Waals surface area contributed by atoms with Crippen molar-refractivity contribution in [3.63, 3.8) is 0 Å². The summed E-state index contributed by atoms with van der Waals surface area (Å²) in [6.45, 7) is 11.4. The summed E-state index contributed by atoms with van der Waals surface area (Å²) in [5.41, 5.74) is 2.42. The molecule has 2 N–H and O–H groups in total. The maximum Gasteiger partial charge on any atom is 0.239 e. The van der Waals surface area contributed by atoms with E-state index in [0.29, 0.717) is 5.41 Å². The second kappa shape index (κ2) is 9.04. The molecule has 1 atom stereocenters. The van der Waals surface area contributed by atoms with Crippen LogP contribution >= 0.6 is 0 Å². The Morgan fingerprint density at radius 2 is 1.90 bits per heavy atom. The van der Waals surface area contributed by atoms with Gasteiger partial charge in [-0.25, -0.2) is 4.39 Å². The van der Waals surface area contributed by atoms with Crippen LogP contribution in [0.4, 0.5) is 4.39 Å². The quantitative estimate of drug-likeness (QED) is 0.768. The van der Waals surface area contributed by atoms with E-state index in [9.17, 15) is 14.0 Å². The van der Waals surface area contributed by atoms with Crippen LogP contribution in [-0.4, -0.2) is 42.9 Å². The zero-order valence-electron chi connectivity index (χ0n) is 18.8. The van der Waals surface area contributed by atoms with Crippen molar-refractivity contribution < 1.29 is 14.0 Å². The number of likely N-dealkylation sites (tertiary alicyclic amines) is 1. The smallest absolute Gasteiger partial charge is 0.239 e. The Morgan fingerprint density at radius 3 is 2.53 bits per heavy atom. The number of fused-ring (bicyclic) bond motifs is 2. The minimum absolute atomic E-state index is 0.00543. The number of nitrogens with one attached hydrogen (secondary N) is 2. The molecule has 1 aliphatic carbocycles. The average Bonchev–Trinajstić information content (AvgIpc) is 2.68.